The van der Waals surface area contributed by atoms with Crippen molar-refractivity contribution in [3.63, 3.8) is 0 Å². The topological polar surface area (TPSA) is 68.2 Å². The lowest BCUT2D eigenvalue weighted by molar-refractivity contribution is 0.306. The molecule has 5 nitrogen and oxygen atoms in total. The van der Waals surface area contributed by atoms with Crippen LogP contribution in [0.15, 0.2) is 22.7 Å². The third-order valence-corrected chi connectivity index (χ3v) is 3.93. The Morgan fingerprint density at radius 1 is 1.33 bits per heavy atom. The van der Waals surface area contributed by atoms with Crippen molar-refractivity contribution in [1.29, 1.82) is 0 Å². The molecule has 0 aliphatic carbocycles. The molecule has 1 aliphatic heterocycles. The maximum absolute atomic E-state index is 6.17. The molecule has 0 saturated carbocycles. The molecule has 1 saturated heterocycles. The fourth-order valence-corrected chi connectivity index (χ4v) is 2.98. The summed E-state index contributed by atoms with van der Waals surface area (Å²) in [6, 6.07) is 5.45. The average Bonchev–Trinajstić information content (AvgIpc) is 3.08. The predicted octanol–water partition coefficient (Wildman–Crippen LogP) is 2.79. The Kier molecular flexibility index (Phi) is 4.24. The first-order valence-electron chi connectivity index (χ1n) is 7.21. The van der Waals surface area contributed by atoms with Gasteiger partial charge in [-0.1, -0.05) is 16.8 Å². The minimum atomic E-state index is -0.221. The number of benzene rings is 1. The number of nitrogens with two attached hydrogens (primary N) is 1. The maximum atomic E-state index is 6.17. The van der Waals surface area contributed by atoms with Crippen LogP contribution in [0.4, 0.5) is 0 Å². The van der Waals surface area contributed by atoms with Crippen LogP contribution in [0.1, 0.15) is 30.3 Å². The highest BCUT2D eigenvalue weighted by Crippen LogP contribution is 2.24. The molecule has 6 heteroatoms. The van der Waals surface area contributed by atoms with Crippen molar-refractivity contribution < 1.29 is 4.52 Å². The van der Waals surface area contributed by atoms with Crippen LogP contribution in [-0.2, 0) is 0 Å². The zero-order chi connectivity index (χ0) is 14.8. The molecule has 1 aromatic heterocycles. The number of rotatable bonds is 4. The molecule has 3 rings (SSSR count). The highest BCUT2D eigenvalue weighted by Gasteiger charge is 2.20. The van der Waals surface area contributed by atoms with E-state index in [-0.39, 0.29) is 6.04 Å². The monoisotopic (exact) mass is 306 g/mol. The Hall–Kier alpha value is -1.43. The van der Waals surface area contributed by atoms with E-state index >= 15 is 0 Å². The van der Waals surface area contributed by atoms with Crippen LogP contribution < -0.4 is 5.73 Å². The Balaban J connectivity index is 1.75. The predicted molar refractivity (Wildman–Crippen MR) is 82.1 cm³/mol. The van der Waals surface area contributed by atoms with Crippen LogP contribution in [0.25, 0.3) is 11.5 Å². The van der Waals surface area contributed by atoms with Crippen molar-refractivity contribution in [3.8, 4) is 11.5 Å². The largest absolute Gasteiger partial charge is 0.334 e. The van der Waals surface area contributed by atoms with Gasteiger partial charge in [0.2, 0.25) is 0 Å². The first-order chi connectivity index (χ1) is 10.1. The third-order valence-electron chi connectivity index (χ3n) is 3.72. The number of hydrogen-bond donors (Lipinski definition) is 1. The number of likely N-dealkylation sites (tertiary alicyclic amines) is 1. The summed E-state index contributed by atoms with van der Waals surface area (Å²) in [4.78, 5) is 6.75. The molecule has 1 aliphatic rings. The quantitative estimate of drug-likeness (QED) is 0.940. The van der Waals surface area contributed by atoms with Crippen LogP contribution >= 0.6 is 11.6 Å². The van der Waals surface area contributed by atoms with Crippen LogP contribution in [0.5, 0.6) is 0 Å². The summed E-state index contributed by atoms with van der Waals surface area (Å²) in [5, 5.41) is 4.67. The maximum Gasteiger partial charge on any atom is 0.258 e. The summed E-state index contributed by atoms with van der Waals surface area (Å²) in [7, 11) is 0. The van der Waals surface area contributed by atoms with Crippen molar-refractivity contribution >= 4 is 11.6 Å². The summed E-state index contributed by atoms with van der Waals surface area (Å²) >= 11 is 6.06. The SMILES string of the molecule is Cc1cc(Cl)cc(-c2nc(C(N)CN3CCCC3)no2)c1. The molecule has 0 spiro atoms. The van der Waals surface area contributed by atoms with Crippen LogP contribution in [0.3, 0.4) is 0 Å². The van der Waals surface area contributed by atoms with Gasteiger partial charge in [0.25, 0.3) is 5.89 Å². The molecule has 2 heterocycles. The number of aromatic nitrogens is 2. The van der Waals surface area contributed by atoms with E-state index in [1.165, 1.54) is 12.8 Å². The van der Waals surface area contributed by atoms with Gasteiger partial charge in [0.1, 0.15) is 0 Å². The molecule has 1 atom stereocenters. The van der Waals surface area contributed by atoms with Gasteiger partial charge in [0.05, 0.1) is 6.04 Å². The van der Waals surface area contributed by atoms with Gasteiger partial charge in [-0.05, 0) is 56.6 Å². The van der Waals surface area contributed by atoms with Crippen molar-refractivity contribution in [1.82, 2.24) is 15.0 Å². The van der Waals surface area contributed by atoms with E-state index in [1.807, 2.05) is 25.1 Å². The van der Waals surface area contributed by atoms with E-state index in [1.54, 1.807) is 0 Å². The van der Waals surface area contributed by atoms with Gasteiger partial charge < -0.3 is 15.2 Å². The number of nitrogens with zero attached hydrogens (tertiary/aromatic N) is 3. The molecular weight excluding hydrogens is 288 g/mol. The first-order valence-corrected chi connectivity index (χ1v) is 7.59. The second-order valence-electron chi connectivity index (χ2n) is 5.59. The molecular formula is C15H19ClN4O. The van der Waals surface area contributed by atoms with Crippen LogP contribution in [-0.4, -0.2) is 34.7 Å². The summed E-state index contributed by atoms with van der Waals surface area (Å²) in [5.41, 5.74) is 8.05. The molecule has 2 N–H and O–H groups in total. The van der Waals surface area contributed by atoms with Gasteiger partial charge in [-0.25, -0.2) is 0 Å². The number of hydrogen-bond acceptors (Lipinski definition) is 5. The lowest BCUT2D eigenvalue weighted by Gasteiger charge is -2.17. The number of halogens is 1. The highest BCUT2D eigenvalue weighted by atomic mass is 35.5. The van der Waals surface area contributed by atoms with Crippen molar-refractivity contribution in [2.75, 3.05) is 19.6 Å². The zero-order valence-corrected chi connectivity index (χ0v) is 12.8. The van der Waals surface area contributed by atoms with Gasteiger partial charge in [0.15, 0.2) is 5.82 Å². The summed E-state index contributed by atoms with van der Waals surface area (Å²) in [5.74, 6) is 1.02. The molecule has 0 radical (unpaired) electrons. The molecule has 1 aromatic carbocycles. The minimum absolute atomic E-state index is 0.221. The molecule has 21 heavy (non-hydrogen) atoms. The highest BCUT2D eigenvalue weighted by molar-refractivity contribution is 6.30. The summed E-state index contributed by atoms with van der Waals surface area (Å²) in [6.07, 6.45) is 2.48. The smallest absolute Gasteiger partial charge is 0.258 e. The molecule has 1 unspecified atom stereocenters. The van der Waals surface area contributed by atoms with Crippen molar-refractivity contribution in [2.24, 2.45) is 5.73 Å². The van der Waals surface area contributed by atoms with E-state index in [0.717, 1.165) is 30.8 Å². The minimum Gasteiger partial charge on any atom is -0.334 e. The van der Waals surface area contributed by atoms with Crippen molar-refractivity contribution in [3.05, 3.63) is 34.6 Å². The Labute approximate surface area is 129 Å². The lowest BCUT2D eigenvalue weighted by Crippen LogP contribution is -2.30. The molecule has 0 amide bonds. The third kappa shape index (κ3) is 3.43. The van der Waals surface area contributed by atoms with Crippen molar-refractivity contribution in [2.45, 2.75) is 25.8 Å². The summed E-state index contributed by atoms with van der Waals surface area (Å²) < 4.78 is 5.33. The standard InChI is InChI=1S/C15H19ClN4O/c1-10-6-11(8-12(16)7-10)15-18-14(19-21-15)13(17)9-20-4-2-3-5-20/h6-8,13H,2-5,9,17H2,1H3. The lowest BCUT2D eigenvalue weighted by atomic mass is 10.1. The van der Waals surface area contributed by atoms with Gasteiger partial charge in [-0.3, -0.25) is 0 Å². The Bertz CT molecular complexity index is 602. The fourth-order valence-electron chi connectivity index (χ4n) is 2.69. The van der Waals surface area contributed by atoms with Gasteiger partial charge >= 0.3 is 0 Å². The van der Waals surface area contributed by atoms with Crippen LogP contribution in [0.2, 0.25) is 5.02 Å². The van der Waals surface area contributed by atoms with Gasteiger partial charge in [0, 0.05) is 17.1 Å². The Morgan fingerprint density at radius 3 is 2.81 bits per heavy atom. The second-order valence-corrected chi connectivity index (χ2v) is 6.03. The Morgan fingerprint density at radius 2 is 2.10 bits per heavy atom. The normalized spacial score (nSPS) is 17.3. The fraction of sp³-hybridized carbons (Fsp3) is 0.467. The average molecular weight is 307 g/mol. The first kappa shape index (κ1) is 14.5. The molecule has 2 aromatic rings. The van der Waals surface area contributed by atoms with E-state index in [4.69, 9.17) is 21.9 Å². The molecule has 112 valence electrons. The van der Waals surface area contributed by atoms with E-state index < -0.39 is 0 Å². The molecule has 1 fully saturated rings. The van der Waals surface area contributed by atoms with E-state index in [0.29, 0.717) is 16.7 Å². The van der Waals surface area contributed by atoms with Crippen LogP contribution in [0, 0.1) is 6.92 Å². The summed E-state index contributed by atoms with van der Waals surface area (Å²) in [6.45, 7) is 4.96. The van der Waals surface area contributed by atoms with Gasteiger partial charge in [-0.15, -0.1) is 0 Å². The van der Waals surface area contributed by atoms with E-state index in [9.17, 15) is 0 Å². The second kappa shape index (κ2) is 6.13. The number of aryl methyl sites for hydroxylation is 1. The zero-order valence-electron chi connectivity index (χ0n) is 12.1. The van der Waals surface area contributed by atoms with Gasteiger partial charge in [-0.2, -0.15) is 4.98 Å². The van der Waals surface area contributed by atoms with E-state index in [2.05, 4.69) is 15.0 Å². The molecule has 0 bridgehead atoms.